The lowest BCUT2D eigenvalue weighted by Crippen LogP contribution is -2.40. The zero-order valence-corrected chi connectivity index (χ0v) is 12.4. The monoisotopic (exact) mass is 279 g/mol. The molecule has 0 bridgehead atoms. The van der Waals surface area contributed by atoms with Crippen LogP contribution in [-0.2, 0) is 4.79 Å². The molecule has 1 unspecified atom stereocenters. The smallest absolute Gasteiger partial charge is 0.263 e. The van der Waals surface area contributed by atoms with Gasteiger partial charge in [-0.05, 0) is 32.9 Å². The van der Waals surface area contributed by atoms with Crippen LogP contribution < -0.4 is 9.47 Å². The minimum Gasteiger partial charge on any atom is -0.493 e. The van der Waals surface area contributed by atoms with Gasteiger partial charge < -0.3 is 14.4 Å². The molecule has 1 rings (SSSR count). The molecule has 0 aliphatic heterocycles. The number of carbonyl (C=O) groups excluding carboxylic acids is 2. The molecule has 0 heterocycles. The van der Waals surface area contributed by atoms with Crippen molar-refractivity contribution in [2.24, 2.45) is 0 Å². The Morgan fingerprint density at radius 3 is 2.50 bits per heavy atom. The number of nitrogens with zero attached hydrogens (tertiary/aromatic N) is 1. The number of amides is 1. The van der Waals surface area contributed by atoms with Gasteiger partial charge in [0.05, 0.1) is 12.7 Å². The van der Waals surface area contributed by atoms with Crippen LogP contribution in [0.15, 0.2) is 18.2 Å². The van der Waals surface area contributed by atoms with E-state index in [1.165, 1.54) is 7.11 Å². The summed E-state index contributed by atoms with van der Waals surface area (Å²) < 4.78 is 10.8. The molecular weight excluding hydrogens is 258 g/mol. The van der Waals surface area contributed by atoms with Crippen molar-refractivity contribution in [3.8, 4) is 11.5 Å². The third kappa shape index (κ3) is 3.50. The second-order valence-corrected chi connectivity index (χ2v) is 4.27. The fourth-order valence-corrected chi connectivity index (χ4v) is 1.93. The molecule has 0 aliphatic rings. The van der Waals surface area contributed by atoms with Gasteiger partial charge in [-0.25, -0.2) is 0 Å². The lowest BCUT2D eigenvalue weighted by Gasteiger charge is -2.24. The molecule has 0 radical (unpaired) electrons. The molecule has 1 aromatic carbocycles. The van der Waals surface area contributed by atoms with Gasteiger partial charge >= 0.3 is 0 Å². The summed E-state index contributed by atoms with van der Waals surface area (Å²) >= 11 is 0. The molecule has 5 nitrogen and oxygen atoms in total. The van der Waals surface area contributed by atoms with Crippen molar-refractivity contribution in [2.45, 2.75) is 26.9 Å². The van der Waals surface area contributed by atoms with E-state index in [1.807, 2.05) is 13.8 Å². The highest BCUT2D eigenvalue weighted by molar-refractivity contribution is 5.83. The number of hydrogen-bond acceptors (Lipinski definition) is 4. The lowest BCUT2D eigenvalue weighted by atomic mass is 10.2. The van der Waals surface area contributed by atoms with Crippen LogP contribution in [0.2, 0.25) is 0 Å². The number of methoxy groups -OCH3 is 1. The molecule has 5 heteroatoms. The normalized spacial score (nSPS) is 11.6. The summed E-state index contributed by atoms with van der Waals surface area (Å²) in [4.78, 5) is 24.9. The molecule has 20 heavy (non-hydrogen) atoms. The molecule has 0 saturated carbocycles. The van der Waals surface area contributed by atoms with Crippen molar-refractivity contribution in [3.63, 3.8) is 0 Å². The Balaban J connectivity index is 2.97. The number of aldehydes is 1. The second-order valence-electron chi connectivity index (χ2n) is 4.27. The Labute approximate surface area is 119 Å². The number of rotatable bonds is 7. The summed E-state index contributed by atoms with van der Waals surface area (Å²) in [6.45, 7) is 6.73. The maximum atomic E-state index is 12.2. The van der Waals surface area contributed by atoms with E-state index in [9.17, 15) is 9.59 Å². The Morgan fingerprint density at radius 2 is 2.00 bits per heavy atom. The van der Waals surface area contributed by atoms with E-state index in [0.717, 1.165) is 0 Å². The predicted octanol–water partition coefficient (Wildman–Crippen LogP) is 2.14. The van der Waals surface area contributed by atoms with Crippen molar-refractivity contribution in [2.75, 3.05) is 20.2 Å². The third-order valence-electron chi connectivity index (χ3n) is 3.07. The van der Waals surface area contributed by atoms with Crippen LogP contribution in [0.25, 0.3) is 0 Å². The van der Waals surface area contributed by atoms with E-state index in [-0.39, 0.29) is 5.91 Å². The topological polar surface area (TPSA) is 55.8 Å². The first-order valence-electron chi connectivity index (χ1n) is 6.66. The third-order valence-corrected chi connectivity index (χ3v) is 3.07. The van der Waals surface area contributed by atoms with Crippen LogP contribution in [0.5, 0.6) is 11.5 Å². The standard InChI is InChI=1S/C15H21NO4/c1-5-16(6-2)15(18)11(3)20-14-12(10-17)8-7-9-13(14)19-4/h7-11H,5-6H2,1-4H3. The van der Waals surface area contributed by atoms with Gasteiger partial charge in [-0.2, -0.15) is 0 Å². The highest BCUT2D eigenvalue weighted by Crippen LogP contribution is 2.31. The van der Waals surface area contributed by atoms with E-state index < -0.39 is 6.10 Å². The average molecular weight is 279 g/mol. The number of para-hydroxylation sites is 1. The number of likely N-dealkylation sites (N-methyl/N-ethyl adjacent to an activating group) is 1. The summed E-state index contributed by atoms with van der Waals surface area (Å²) in [6, 6.07) is 5.02. The van der Waals surface area contributed by atoms with Crippen LogP contribution >= 0.6 is 0 Å². The fourth-order valence-electron chi connectivity index (χ4n) is 1.93. The fraction of sp³-hybridized carbons (Fsp3) is 0.467. The first-order valence-corrected chi connectivity index (χ1v) is 6.66. The van der Waals surface area contributed by atoms with Gasteiger partial charge in [0.1, 0.15) is 0 Å². The van der Waals surface area contributed by atoms with Gasteiger partial charge in [-0.15, -0.1) is 0 Å². The zero-order valence-electron chi connectivity index (χ0n) is 12.4. The summed E-state index contributed by atoms with van der Waals surface area (Å²) in [5.41, 5.74) is 0.364. The largest absolute Gasteiger partial charge is 0.493 e. The van der Waals surface area contributed by atoms with Crippen molar-refractivity contribution >= 4 is 12.2 Å². The van der Waals surface area contributed by atoms with Gasteiger partial charge in [0, 0.05) is 13.1 Å². The molecule has 110 valence electrons. The summed E-state index contributed by atoms with van der Waals surface area (Å²) in [6.07, 6.45) is 0.0109. The van der Waals surface area contributed by atoms with Crippen LogP contribution in [0.3, 0.4) is 0 Å². The van der Waals surface area contributed by atoms with Crippen molar-refractivity contribution in [1.82, 2.24) is 4.90 Å². The van der Waals surface area contributed by atoms with E-state index in [0.29, 0.717) is 36.4 Å². The molecule has 0 N–H and O–H groups in total. The highest BCUT2D eigenvalue weighted by atomic mass is 16.5. The maximum absolute atomic E-state index is 12.2. The molecule has 1 atom stereocenters. The minimum atomic E-state index is -0.676. The van der Waals surface area contributed by atoms with Crippen LogP contribution in [-0.4, -0.2) is 43.4 Å². The molecule has 0 saturated heterocycles. The Hall–Kier alpha value is -2.04. The predicted molar refractivity (Wildman–Crippen MR) is 76.4 cm³/mol. The van der Waals surface area contributed by atoms with E-state index >= 15 is 0 Å². The van der Waals surface area contributed by atoms with Crippen molar-refractivity contribution in [3.05, 3.63) is 23.8 Å². The zero-order chi connectivity index (χ0) is 15.1. The molecule has 0 spiro atoms. The Kier molecular flexibility index (Phi) is 6.03. The van der Waals surface area contributed by atoms with Crippen LogP contribution in [0.4, 0.5) is 0 Å². The quantitative estimate of drug-likeness (QED) is 0.718. The second kappa shape index (κ2) is 7.53. The van der Waals surface area contributed by atoms with Gasteiger partial charge in [0.25, 0.3) is 5.91 Å². The highest BCUT2D eigenvalue weighted by Gasteiger charge is 2.22. The SMILES string of the molecule is CCN(CC)C(=O)C(C)Oc1c(C=O)cccc1OC. The number of carbonyl (C=O) groups is 2. The molecular formula is C15H21NO4. The first-order chi connectivity index (χ1) is 9.58. The average Bonchev–Trinajstić information content (AvgIpc) is 2.48. The first kappa shape index (κ1) is 16.0. The van der Waals surface area contributed by atoms with Gasteiger partial charge in [0.15, 0.2) is 23.9 Å². The number of hydrogen-bond donors (Lipinski definition) is 0. The minimum absolute atomic E-state index is 0.113. The number of ether oxygens (including phenoxy) is 2. The van der Waals surface area contributed by atoms with Crippen LogP contribution in [0, 0.1) is 0 Å². The van der Waals surface area contributed by atoms with Crippen molar-refractivity contribution < 1.29 is 19.1 Å². The van der Waals surface area contributed by atoms with Crippen LogP contribution in [0.1, 0.15) is 31.1 Å². The van der Waals surface area contributed by atoms with Gasteiger partial charge in [-0.3, -0.25) is 9.59 Å². The summed E-state index contributed by atoms with van der Waals surface area (Å²) in [7, 11) is 1.49. The van der Waals surface area contributed by atoms with E-state index in [2.05, 4.69) is 0 Å². The van der Waals surface area contributed by atoms with E-state index in [1.54, 1.807) is 30.0 Å². The molecule has 0 fully saturated rings. The van der Waals surface area contributed by atoms with E-state index in [4.69, 9.17) is 9.47 Å². The maximum Gasteiger partial charge on any atom is 0.263 e. The summed E-state index contributed by atoms with van der Waals surface area (Å²) in [5.74, 6) is 0.629. The Morgan fingerprint density at radius 1 is 1.35 bits per heavy atom. The molecule has 1 amide bonds. The molecule has 0 aromatic heterocycles. The van der Waals surface area contributed by atoms with Crippen molar-refractivity contribution in [1.29, 1.82) is 0 Å². The lowest BCUT2D eigenvalue weighted by molar-refractivity contribution is -0.137. The molecule has 1 aromatic rings. The summed E-state index contributed by atoms with van der Waals surface area (Å²) in [5, 5.41) is 0. The van der Waals surface area contributed by atoms with Gasteiger partial charge in [0.2, 0.25) is 0 Å². The number of benzene rings is 1. The molecule has 0 aliphatic carbocycles. The Bertz CT molecular complexity index is 469. The van der Waals surface area contributed by atoms with Gasteiger partial charge in [-0.1, -0.05) is 6.07 Å².